The molecule has 1 N–H and O–H groups in total. The third-order valence-corrected chi connectivity index (χ3v) is 5.78. The van der Waals surface area contributed by atoms with Gasteiger partial charge in [-0.05, 0) is 42.6 Å². The molecule has 4 rings (SSSR count). The van der Waals surface area contributed by atoms with Gasteiger partial charge in [-0.25, -0.2) is 4.79 Å². The monoisotopic (exact) mass is 409 g/mol. The highest BCUT2D eigenvalue weighted by Crippen LogP contribution is 2.30. The van der Waals surface area contributed by atoms with Crippen molar-refractivity contribution >= 4 is 11.9 Å². The molecule has 2 aliphatic rings. The average Bonchev–Trinajstić information content (AvgIpc) is 2.80. The molecule has 0 spiro atoms. The quantitative estimate of drug-likeness (QED) is 0.795. The molecule has 2 saturated heterocycles. The molecule has 2 aromatic rings. The summed E-state index contributed by atoms with van der Waals surface area (Å²) in [6.45, 7) is 1.43. The van der Waals surface area contributed by atoms with Gasteiger partial charge in [-0.3, -0.25) is 9.69 Å². The third kappa shape index (κ3) is 3.98. The Bertz CT molecular complexity index is 896. The molecule has 7 nitrogen and oxygen atoms in total. The first kappa shape index (κ1) is 20.2. The first-order valence-corrected chi connectivity index (χ1v) is 10.2. The summed E-state index contributed by atoms with van der Waals surface area (Å²) in [6, 6.07) is 14.4. The van der Waals surface area contributed by atoms with Crippen LogP contribution in [0.5, 0.6) is 11.5 Å². The van der Waals surface area contributed by atoms with Crippen LogP contribution in [0, 0.1) is 0 Å². The van der Waals surface area contributed by atoms with Gasteiger partial charge in [-0.15, -0.1) is 0 Å². The first-order chi connectivity index (χ1) is 14.6. The molecule has 158 valence electrons. The number of imide groups is 1. The van der Waals surface area contributed by atoms with Gasteiger partial charge in [0.05, 0.1) is 26.8 Å². The largest absolute Gasteiger partial charge is 0.497 e. The summed E-state index contributed by atoms with van der Waals surface area (Å²) in [7, 11) is 3.21. The van der Waals surface area contributed by atoms with Gasteiger partial charge in [0.2, 0.25) is 5.91 Å². The molecule has 30 heavy (non-hydrogen) atoms. The second kappa shape index (κ2) is 8.75. The molecule has 0 radical (unpaired) electrons. The van der Waals surface area contributed by atoms with Crippen molar-refractivity contribution in [1.82, 2.24) is 15.1 Å². The zero-order valence-electron chi connectivity index (χ0n) is 17.3. The predicted molar refractivity (Wildman–Crippen MR) is 112 cm³/mol. The number of hydrogen-bond acceptors (Lipinski definition) is 5. The van der Waals surface area contributed by atoms with Gasteiger partial charge in [0.1, 0.15) is 17.5 Å². The molecule has 0 aliphatic carbocycles. The van der Waals surface area contributed by atoms with Crippen molar-refractivity contribution < 1.29 is 19.1 Å². The van der Waals surface area contributed by atoms with Gasteiger partial charge >= 0.3 is 6.03 Å². The topological polar surface area (TPSA) is 71.1 Å². The Morgan fingerprint density at radius 3 is 2.33 bits per heavy atom. The highest BCUT2D eigenvalue weighted by atomic mass is 16.5. The smallest absolute Gasteiger partial charge is 0.327 e. The maximum atomic E-state index is 13.4. The zero-order chi connectivity index (χ0) is 21.1. The van der Waals surface area contributed by atoms with Gasteiger partial charge < -0.3 is 19.7 Å². The Morgan fingerprint density at radius 2 is 1.67 bits per heavy atom. The van der Waals surface area contributed by atoms with Crippen molar-refractivity contribution in [2.24, 2.45) is 0 Å². The molecule has 2 unspecified atom stereocenters. The van der Waals surface area contributed by atoms with Gasteiger partial charge in [0, 0.05) is 12.6 Å². The number of carbonyl (C=O) groups excluding carboxylic acids is 2. The predicted octanol–water partition coefficient (Wildman–Crippen LogP) is 2.79. The summed E-state index contributed by atoms with van der Waals surface area (Å²) in [5.41, 5.74) is 1.83. The number of piperidine rings is 1. The van der Waals surface area contributed by atoms with Crippen LogP contribution < -0.4 is 14.8 Å². The van der Waals surface area contributed by atoms with Crippen LogP contribution in [0.1, 0.15) is 24.0 Å². The Morgan fingerprint density at radius 1 is 0.967 bits per heavy atom. The van der Waals surface area contributed by atoms with Crippen LogP contribution in [0.4, 0.5) is 4.79 Å². The Balaban J connectivity index is 1.64. The van der Waals surface area contributed by atoms with Gasteiger partial charge in [0.15, 0.2) is 0 Å². The fourth-order valence-electron chi connectivity index (χ4n) is 4.27. The number of nitrogens with one attached hydrogen (secondary N) is 1. The molecule has 0 saturated carbocycles. The summed E-state index contributed by atoms with van der Waals surface area (Å²) in [4.78, 5) is 29.8. The number of ether oxygens (including phenoxy) is 2. The van der Waals surface area contributed by atoms with E-state index in [4.69, 9.17) is 9.47 Å². The van der Waals surface area contributed by atoms with E-state index in [1.54, 1.807) is 20.3 Å². The maximum absolute atomic E-state index is 13.4. The lowest BCUT2D eigenvalue weighted by Gasteiger charge is -2.47. The number of fused-ring (bicyclic) bond motifs is 1. The second-order valence-electron chi connectivity index (χ2n) is 7.68. The Labute approximate surface area is 176 Å². The van der Waals surface area contributed by atoms with E-state index in [2.05, 4.69) is 5.32 Å². The molecule has 3 amide bonds. The van der Waals surface area contributed by atoms with Crippen LogP contribution in [-0.2, 0) is 17.9 Å². The van der Waals surface area contributed by atoms with Gasteiger partial charge in [0.25, 0.3) is 0 Å². The molecule has 2 aliphatic heterocycles. The van der Waals surface area contributed by atoms with E-state index < -0.39 is 0 Å². The van der Waals surface area contributed by atoms with E-state index in [0.717, 1.165) is 30.5 Å². The van der Waals surface area contributed by atoms with Crippen molar-refractivity contribution in [3.05, 3.63) is 59.7 Å². The van der Waals surface area contributed by atoms with Crippen LogP contribution in [0.2, 0.25) is 0 Å². The van der Waals surface area contributed by atoms with Crippen molar-refractivity contribution in [2.45, 2.75) is 38.0 Å². The molecular formula is C23H27N3O4. The number of amides is 3. The number of carbonyl (C=O) groups is 2. The minimum Gasteiger partial charge on any atom is -0.497 e. The molecule has 2 aromatic carbocycles. The summed E-state index contributed by atoms with van der Waals surface area (Å²) in [6.07, 6.45) is 1.73. The van der Waals surface area contributed by atoms with Crippen molar-refractivity contribution in [3.63, 3.8) is 0 Å². The van der Waals surface area contributed by atoms with Crippen LogP contribution in [-0.4, -0.2) is 54.6 Å². The minimum absolute atomic E-state index is 0.145. The molecular weight excluding hydrogens is 382 g/mol. The van der Waals surface area contributed by atoms with Crippen LogP contribution in [0.25, 0.3) is 0 Å². The number of benzene rings is 2. The summed E-state index contributed by atoms with van der Waals surface area (Å²) in [5, 5.41) is 3.33. The lowest BCUT2D eigenvalue weighted by atomic mass is 9.92. The average molecular weight is 409 g/mol. The second-order valence-corrected chi connectivity index (χ2v) is 7.68. The van der Waals surface area contributed by atoms with Crippen molar-refractivity contribution in [2.75, 3.05) is 20.8 Å². The van der Waals surface area contributed by atoms with Gasteiger partial charge in [-0.2, -0.15) is 0 Å². The number of methoxy groups -OCH3 is 2. The number of rotatable bonds is 6. The van der Waals surface area contributed by atoms with Gasteiger partial charge in [-0.1, -0.05) is 30.3 Å². The molecule has 2 fully saturated rings. The summed E-state index contributed by atoms with van der Waals surface area (Å²) < 4.78 is 10.8. The fraction of sp³-hybridized carbons (Fsp3) is 0.391. The standard InChI is InChI=1S/C23H27N3O4/c1-29-18-11-17(12-19(13-18)30-2)15-25-20-9-6-10-24-21(20)22(27)26(23(25)28)14-16-7-4-3-5-8-16/h3-5,7-8,11-13,20-21,24H,6,9-10,14-15H2,1-2H3. The fourth-order valence-corrected chi connectivity index (χ4v) is 4.27. The lowest BCUT2D eigenvalue weighted by molar-refractivity contribution is -0.137. The Hall–Kier alpha value is -3.06. The summed E-state index contributed by atoms with van der Waals surface area (Å²) in [5.74, 6) is 1.20. The minimum atomic E-state index is -0.382. The van der Waals surface area contributed by atoms with Crippen molar-refractivity contribution in [1.29, 1.82) is 0 Å². The third-order valence-electron chi connectivity index (χ3n) is 5.78. The normalized spacial score (nSPS) is 21.4. The molecule has 7 heteroatoms. The Kier molecular flexibility index (Phi) is 5.90. The van der Waals surface area contributed by atoms with E-state index in [1.165, 1.54) is 4.90 Å². The van der Waals surface area contributed by atoms with E-state index in [-0.39, 0.29) is 30.6 Å². The molecule has 0 aromatic heterocycles. The van der Waals surface area contributed by atoms with E-state index >= 15 is 0 Å². The highest BCUT2D eigenvalue weighted by Gasteiger charge is 2.46. The number of urea groups is 1. The van der Waals surface area contributed by atoms with E-state index in [9.17, 15) is 9.59 Å². The number of hydrogen-bond donors (Lipinski definition) is 1. The van der Waals surface area contributed by atoms with E-state index in [1.807, 2.05) is 47.4 Å². The highest BCUT2D eigenvalue weighted by molar-refractivity contribution is 6.00. The SMILES string of the molecule is COc1cc(CN2C(=O)N(Cc3ccccc3)C(=O)C3NCCCC32)cc(OC)c1. The van der Waals surface area contributed by atoms with Crippen molar-refractivity contribution in [3.8, 4) is 11.5 Å². The maximum Gasteiger partial charge on any atom is 0.327 e. The van der Waals surface area contributed by atoms with E-state index in [0.29, 0.717) is 18.0 Å². The summed E-state index contributed by atoms with van der Waals surface area (Å²) >= 11 is 0. The molecule has 2 atom stereocenters. The lowest BCUT2D eigenvalue weighted by Crippen LogP contribution is -2.68. The zero-order valence-corrected chi connectivity index (χ0v) is 17.3. The molecule has 2 heterocycles. The molecule has 0 bridgehead atoms. The van der Waals surface area contributed by atoms with Crippen LogP contribution in [0.3, 0.4) is 0 Å². The van der Waals surface area contributed by atoms with Crippen LogP contribution in [0.15, 0.2) is 48.5 Å². The van der Waals surface area contributed by atoms with Crippen LogP contribution >= 0.6 is 0 Å². The number of nitrogens with zero attached hydrogens (tertiary/aromatic N) is 2. The first-order valence-electron chi connectivity index (χ1n) is 10.2.